The van der Waals surface area contributed by atoms with Gasteiger partial charge in [-0.2, -0.15) is 0 Å². The molecule has 0 spiro atoms. The Hall–Kier alpha value is -1.21. The zero-order valence-corrected chi connectivity index (χ0v) is 17.9. The number of halogens is 1. The number of rotatable bonds is 3. The van der Waals surface area contributed by atoms with Crippen LogP contribution < -0.4 is 10.6 Å². The van der Waals surface area contributed by atoms with Crippen molar-refractivity contribution in [3.63, 3.8) is 0 Å². The molecular weight excluding hydrogens is 371 g/mol. The normalized spacial score (nSPS) is 41.7. The second-order valence-electron chi connectivity index (χ2n) is 9.88. The minimum Gasteiger partial charge on any atom is -0.352 e. The van der Waals surface area contributed by atoms with Crippen molar-refractivity contribution in [1.29, 1.82) is 0 Å². The summed E-state index contributed by atoms with van der Waals surface area (Å²) < 4.78 is 14.3. The SMILES string of the molecule is CC1CCC(F)C2CC(C(=O)N[C@@H]3CCC[C@H](N4CCCN(C)C(=O)C4)C3)NC12. The maximum Gasteiger partial charge on any atom is 0.237 e. The van der Waals surface area contributed by atoms with E-state index in [1.54, 1.807) is 0 Å². The fourth-order valence-electron chi connectivity index (χ4n) is 6.05. The first kappa shape index (κ1) is 21.0. The molecule has 29 heavy (non-hydrogen) atoms. The van der Waals surface area contributed by atoms with Gasteiger partial charge in [0.25, 0.3) is 0 Å². The smallest absolute Gasteiger partial charge is 0.237 e. The van der Waals surface area contributed by atoms with Gasteiger partial charge in [0.15, 0.2) is 0 Å². The third-order valence-electron chi connectivity index (χ3n) is 7.87. The summed E-state index contributed by atoms with van der Waals surface area (Å²) in [5.41, 5.74) is 0. The quantitative estimate of drug-likeness (QED) is 0.746. The Morgan fingerprint density at radius 1 is 1.14 bits per heavy atom. The predicted molar refractivity (Wildman–Crippen MR) is 110 cm³/mol. The van der Waals surface area contributed by atoms with Gasteiger partial charge in [0.05, 0.1) is 12.6 Å². The summed E-state index contributed by atoms with van der Waals surface area (Å²) in [4.78, 5) is 29.3. The van der Waals surface area contributed by atoms with E-state index in [4.69, 9.17) is 0 Å². The van der Waals surface area contributed by atoms with Gasteiger partial charge in [-0.15, -0.1) is 0 Å². The number of hydrogen-bond acceptors (Lipinski definition) is 4. The Bertz CT molecular complexity index is 600. The lowest BCUT2D eigenvalue weighted by Crippen LogP contribution is -2.51. The van der Waals surface area contributed by atoms with Crippen LogP contribution in [0.15, 0.2) is 0 Å². The highest BCUT2D eigenvalue weighted by molar-refractivity contribution is 5.82. The number of carbonyl (C=O) groups excluding carboxylic acids is 2. The fourth-order valence-corrected chi connectivity index (χ4v) is 6.05. The van der Waals surface area contributed by atoms with Crippen LogP contribution >= 0.6 is 0 Å². The highest BCUT2D eigenvalue weighted by Crippen LogP contribution is 2.38. The van der Waals surface area contributed by atoms with Crippen molar-refractivity contribution in [1.82, 2.24) is 20.4 Å². The van der Waals surface area contributed by atoms with Crippen molar-refractivity contribution in [3.8, 4) is 0 Å². The molecule has 2 aliphatic carbocycles. The van der Waals surface area contributed by atoms with E-state index < -0.39 is 6.17 Å². The molecule has 2 aliphatic heterocycles. The summed E-state index contributed by atoms with van der Waals surface area (Å²) >= 11 is 0. The van der Waals surface area contributed by atoms with E-state index in [2.05, 4.69) is 22.5 Å². The molecular formula is C22H37FN4O2. The first-order chi connectivity index (χ1) is 13.9. The minimum absolute atomic E-state index is 0.0197. The second-order valence-corrected chi connectivity index (χ2v) is 9.88. The molecule has 0 radical (unpaired) electrons. The van der Waals surface area contributed by atoms with Crippen LogP contribution in [0, 0.1) is 11.8 Å². The molecule has 4 aliphatic rings. The maximum absolute atomic E-state index is 14.3. The summed E-state index contributed by atoms with van der Waals surface area (Å²) in [6, 6.07) is 0.380. The number of nitrogens with one attached hydrogen (secondary N) is 2. The molecule has 0 aromatic carbocycles. The van der Waals surface area contributed by atoms with Crippen molar-refractivity contribution in [2.45, 2.75) is 88.6 Å². The molecule has 7 atom stereocenters. The van der Waals surface area contributed by atoms with Crippen LogP contribution in [0.1, 0.15) is 58.3 Å². The topological polar surface area (TPSA) is 64.7 Å². The van der Waals surface area contributed by atoms with E-state index in [0.717, 1.165) is 51.6 Å². The second kappa shape index (κ2) is 8.88. The van der Waals surface area contributed by atoms with Crippen LogP contribution in [-0.2, 0) is 9.59 Å². The lowest BCUT2D eigenvalue weighted by molar-refractivity contribution is -0.130. The summed E-state index contributed by atoms with van der Waals surface area (Å²) in [6.07, 6.45) is 6.44. The first-order valence-electron chi connectivity index (χ1n) is 11.6. The minimum atomic E-state index is -0.778. The van der Waals surface area contributed by atoms with Crippen molar-refractivity contribution < 1.29 is 14.0 Å². The monoisotopic (exact) mass is 408 g/mol. The van der Waals surface area contributed by atoms with E-state index in [1.807, 2.05) is 11.9 Å². The molecule has 4 fully saturated rings. The van der Waals surface area contributed by atoms with Gasteiger partial charge >= 0.3 is 0 Å². The summed E-state index contributed by atoms with van der Waals surface area (Å²) in [5.74, 6) is 0.647. The third kappa shape index (κ3) is 4.61. The van der Waals surface area contributed by atoms with E-state index >= 15 is 0 Å². The highest BCUT2D eigenvalue weighted by Gasteiger charge is 2.46. The standard InChI is InChI=1S/C22H37FN4O2/c1-14-7-8-18(23)17-12-19(25-21(14)17)22(29)24-15-5-3-6-16(11-15)27-10-4-9-26(2)20(28)13-27/h14-19,21,25H,3-13H2,1-2H3,(H,24,29)/t14?,15-,16+,17?,18?,19?,21?/m1/s1. The maximum atomic E-state index is 14.3. The van der Waals surface area contributed by atoms with E-state index in [-0.39, 0.29) is 35.9 Å². The van der Waals surface area contributed by atoms with Crippen LogP contribution in [0.5, 0.6) is 0 Å². The van der Waals surface area contributed by atoms with E-state index in [0.29, 0.717) is 31.3 Å². The molecule has 0 aromatic heterocycles. The van der Waals surface area contributed by atoms with Gasteiger partial charge in [0, 0.05) is 44.2 Å². The molecule has 5 unspecified atom stereocenters. The average molecular weight is 409 g/mol. The van der Waals surface area contributed by atoms with Crippen molar-refractivity contribution in [2.24, 2.45) is 11.8 Å². The number of alkyl halides is 1. The Balaban J connectivity index is 1.31. The molecule has 2 amide bonds. The molecule has 0 aromatic rings. The number of likely N-dealkylation sites (N-methyl/N-ethyl adjacent to an activating group) is 1. The molecule has 164 valence electrons. The van der Waals surface area contributed by atoms with Crippen molar-refractivity contribution in [2.75, 3.05) is 26.7 Å². The number of amides is 2. The van der Waals surface area contributed by atoms with Gasteiger partial charge in [0.2, 0.25) is 11.8 Å². The third-order valence-corrected chi connectivity index (χ3v) is 7.87. The summed E-state index contributed by atoms with van der Waals surface area (Å²) in [7, 11) is 1.88. The van der Waals surface area contributed by atoms with Crippen molar-refractivity contribution in [3.05, 3.63) is 0 Å². The number of carbonyl (C=O) groups is 2. The van der Waals surface area contributed by atoms with E-state index in [1.165, 1.54) is 0 Å². The molecule has 7 heteroatoms. The number of fused-ring (bicyclic) bond motifs is 1. The molecule has 2 saturated carbocycles. The van der Waals surface area contributed by atoms with Crippen LogP contribution in [0.25, 0.3) is 0 Å². The van der Waals surface area contributed by atoms with Crippen molar-refractivity contribution >= 4 is 11.8 Å². The van der Waals surface area contributed by atoms with Crippen LogP contribution in [0.4, 0.5) is 4.39 Å². The highest BCUT2D eigenvalue weighted by atomic mass is 19.1. The molecule has 2 heterocycles. The Labute approximate surface area is 173 Å². The molecule has 0 bridgehead atoms. The van der Waals surface area contributed by atoms with Gasteiger partial charge in [-0.1, -0.05) is 6.92 Å². The van der Waals surface area contributed by atoms with Gasteiger partial charge in [-0.25, -0.2) is 4.39 Å². The Morgan fingerprint density at radius 2 is 1.97 bits per heavy atom. The average Bonchev–Trinajstić information content (AvgIpc) is 3.10. The molecule has 4 rings (SSSR count). The van der Waals surface area contributed by atoms with Crippen LogP contribution in [0.2, 0.25) is 0 Å². The number of nitrogens with zero attached hydrogens (tertiary/aromatic N) is 2. The fraction of sp³-hybridized carbons (Fsp3) is 0.909. The predicted octanol–water partition coefficient (Wildman–Crippen LogP) is 1.69. The largest absolute Gasteiger partial charge is 0.352 e. The first-order valence-corrected chi connectivity index (χ1v) is 11.6. The number of hydrogen-bond donors (Lipinski definition) is 2. The summed E-state index contributed by atoms with van der Waals surface area (Å²) in [6.45, 7) is 4.43. The van der Waals surface area contributed by atoms with E-state index in [9.17, 15) is 14.0 Å². The van der Waals surface area contributed by atoms with Crippen LogP contribution in [-0.4, -0.2) is 78.6 Å². The molecule has 2 saturated heterocycles. The van der Waals surface area contributed by atoms with Gasteiger partial charge < -0.3 is 15.5 Å². The van der Waals surface area contributed by atoms with Gasteiger partial charge in [-0.3, -0.25) is 14.5 Å². The molecule has 6 nitrogen and oxygen atoms in total. The lowest BCUT2D eigenvalue weighted by Gasteiger charge is -2.37. The van der Waals surface area contributed by atoms with Gasteiger partial charge in [-0.05, 0) is 57.3 Å². The van der Waals surface area contributed by atoms with Gasteiger partial charge in [0.1, 0.15) is 6.17 Å². The zero-order valence-electron chi connectivity index (χ0n) is 17.9. The summed E-state index contributed by atoms with van der Waals surface area (Å²) in [5, 5.41) is 6.70. The lowest BCUT2D eigenvalue weighted by atomic mass is 9.77. The Kier molecular flexibility index (Phi) is 6.44. The molecule has 2 N–H and O–H groups in total. The Morgan fingerprint density at radius 3 is 2.76 bits per heavy atom. The van der Waals surface area contributed by atoms with Crippen LogP contribution in [0.3, 0.4) is 0 Å². The zero-order chi connectivity index (χ0) is 20.5.